The van der Waals surface area contributed by atoms with Gasteiger partial charge in [-0.15, -0.1) is 0 Å². The predicted octanol–water partition coefficient (Wildman–Crippen LogP) is 8.58. The fourth-order valence-corrected chi connectivity index (χ4v) is 3.26. The molecule has 0 atom stereocenters. The van der Waals surface area contributed by atoms with Crippen LogP contribution in [-0.4, -0.2) is 9.58 Å². The largest absolute Gasteiger partial charge is 0.295 e. The summed E-state index contributed by atoms with van der Waals surface area (Å²) in [6.45, 7) is 2.27. The van der Waals surface area contributed by atoms with Gasteiger partial charge in [0.05, 0.1) is 0 Å². The fraction of sp³-hybridized carbons (Fsp3) is 0.950. The Hall–Kier alpha value is 0.540. The second kappa shape index (κ2) is 17.0. The first-order valence-corrected chi connectivity index (χ1v) is 11.2. The van der Waals surface area contributed by atoms with Gasteiger partial charge in [0.1, 0.15) is 0 Å². The fourth-order valence-electron chi connectivity index (χ4n) is 2.98. The van der Waals surface area contributed by atoms with Gasteiger partial charge >= 0.3 is 0 Å². The van der Waals surface area contributed by atoms with E-state index >= 15 is 0 Å². The lowest BCUT2D eigenvalue weighted by Gasteiger charge is -2.08. The SMILES string of the molecule is CCCCCCCCCCCCCCCCCCC(=O)C(Cl)(Cl)Cl. The molecule has 0 aliphatic rings. The van der Waals surface area contributed by atoms with Crippen molar-refractivity contribution in [2.45, 2.75) is 120 Å². The number of rotatable bonds is 17. The van der Waals surface area contributed by atoms with Crippen LogP contribution in [0.3, 0.4) is 0 Å². The zero-order chi connectivity index (χ0) is 18.1. The van der Waals surface area contributed by atoms with Gasteiger partial charge in [-0.2, -0.15) is 0 Å². The minimum Gasteiger partial charge on any atom is -0.295 e. The molecular formula is C20H37Cl3O. The Kier molecular flexibility index (Phi) is 17.4. The molecule has 0 saturated heterocycles. The molecule has 0 radical (unpaired) electrons. The molecule has 0 N–H and O–H groups in total. The number of alkyl halides is 3. The van der Waals surface area contributed by atoms with Crippen molar-refractivity contribution in [3.05, 3.63) is 0 Å². The van der Waals surface area contributed by atoms with E-state index in [0.717, 1.165) is 12.8 Å². The summed E-state index contributed by atoms with van der Waals surface area (Å²) in [7, 11) is 0. The quantitative estimate of drug-likeness (QED) is 0.177. The molecule has 0 bridgehead atoms. The van der Waals surface area contributed by atoms with Crippen molar-refractivity contribution in [2.75, 3.05) is 0 Å². The number of hydrogen-bond acceptors (Lipinski definition) is 1. The number of carbonyl (C=O) groups excluding carboxylic acids is 1. The Bertz CT molecular complexity index is 287. The van der Waals surface area contributed by atoms with Crippen molar-refractivity contribution in [1.82, 2.24) is 0 Å². The number of carbonyl (C=O) groups is 1. The van der Waals surface area contributed by atoms with Crippen molar-refractivity contribution in [3.8, 4) is 0 Å². The Morgan fingerprint density at radius 2 is 0.875 bits per heavy atom. The van der Waals surface area contributed by atoms with Gasteiger partial charge in [0, 0.05) is 6.42 Å². The highest BCUT2D eigenvalue weighted by Gasteiger charge is 2.29. The summed E-state index contributed by atoms with van der Waals surface area (Å²) in [4.78, 5) is 11.4. The maximum atomic E-state index is 11.4. The molecule has 0 heterocycles. The Morgan fingerprint density at radius 3 is 1.17 bits per heavy atom. The van der Waals surface area contributed by atoms with Crippen molar-refractivity contribution in [2.24, 2.45) is 0 Å². The highest BCUT2D eigenvalue weighted by Crippen LogP contribution is 2.29. The number of unbranched alkanes of at least 4 members (excludes halogenated alkanes) is 15. The van der Waals surface area contributed by atoms with Crippen LogP contribution < -0.4 is 0 Å². The monoisotopic (exact) mass is 398 g/mol. The lowest BCUT2D eigenvalue weighted by Crippen LogP contribution is -2.18. The smallest absolute Gasteiger partial charge is 0.248 e. The second-order valence-corrected chi connectivity index (χ2v) is 9.26. The standard InChI is InChI=1S/C20H37Cl3O/c1-2-3-4-5-6-7-8-9-10-11-12-13-14-15-16-17-18-19(24)20(21,22)23/h2-18H2,1H3. The van der Waals surface area contributed by atoms with Gasteiger partial charge in [0.15, 0.2) is 5.78 Å². The van der Waals surface area contributed by atoms with Crippen LogP contribution in [0.4, 0.5) is 0 Å². The maximum Gasteiger partial charge on any atom is 0.248 e. The molecule has 0 fully saturated rings. The molecule has 0 amide bonds. The molecule has 144 valence electrons. The molecule has 24 heavy (non-hydrogen) atoms. The zero-order valence-corrected chi connectivity index (χ0v) is 17.8. The number of Topliss-reactive ketones (excluding diaryl/α,β-unsaturated/α-hetero) is 1. The maximum absolute atomic E-state index is 11.4. The minimum atomic E-state index is -1.73. The van der Waals surface area contributed by atoms with Gasteiger partial charge in [0.2, 0.25) is 3.79 Å². The summed E-state index contributed by atoms with van der Waals surface area (Å²) in [6.07, 6.45) is 21.5. The molecule has 0 aromatic heterocycles. The Balaban J connectivity index is 3.12. The molecule has 0 saturated carbocycles. The summed E-state index contributed by atoms with van der Waals surface area (Å²) in [5, 5.41) is 0. The van der Waals surface area contributed by atoms with E-state index in [0.29, 0.717) is 6.42 Å². The van der Waals surface area contributed by atoms with Crippen molar-refractivity contribution < 1.29 is 4.79 Å². The molecule has 0 aliphatic carbocycles. The lowest BCUT2D eigenvalue weighted by atomic mass is 10.0. The first-order chi connectivity index (χ1) is 11.5. The van der Waals surface area contributed by atoms with Gasteiger partial charge in [0.25, 0.3) is 0 Å². The molecular weight excluding hydrogens is 363 g/mol. The molecule has 0 aliphatic heterocycles. The second-order valence-electron chi connectivity index (χ2n) is 6.97. The summed E-state index contributed by atoms with van der Waals surface area (Å²) >= 11 is 16.6. The molecule has 4 heteroatoms. The van der Waals surface area contributed by atoms with E-state index in [9.17, 15) is 4.79 Å². The van der Waals surface area contributed by atoms with Gasteiger partial charge in [-0.3, -0.25) is 4.79 Å². The molecule has 0 unspecified atom stereocenters. The van der Waals surface area contributed by atoms with Gasteiger partial charge < -0.3 is 0 Å². The van der Waals surface area contributed by atoms with E-state index < -0.39 is 3.79 Å². The van der Waals surface area contributed by atoms with E-state index in [4.69, 9.17) is 34.8 Å². The van der Waals surface area contributed by atoms with Crippen molar-refractivity contribution in [1.29, 1.82) is 0 Å². The third kappa shape index (κ3) is 17.4. The molecule has 0 aromatic carbocycles. The van der Waals surface area contributed by atoms with E-state index in [1.807, 2.05) is 0 Å². The van der Waals surface area contributed by atoms with Crippen molar-refractivity contribution in [3.63, 3.8) is 0 Å². The Morgan fingerprint density at radius 1 is 0.583 bits per heavy atom. The van der Waals surface area contributed by atoms with Crippen LogP contribution in [0.25, 0.3) is 0 Å². The predicted molar refractivity (Wildman–Crippen MR) is 109 cm³/mol. The Labute approximate surface area is 165 Å². The van der Waals surface area contributed by atoms with E-state index in [-0.39, 0.29) is 5.78 Å². The summed E-state index contributed by atoms with van der Waals surface area (Å²) in [5.41, 5.74) is 0. The summed E-state index contributed by atoms with van der Waals surface area (Å²) in [6, 6.07) is 0. The van der Waals surface area contributed by atoms with E-state index in [1.165, 1.54) is 89.9 Å². The van der Waals surface area contributed by atoms with E-state index in [1.54, 1.807) is 0 Å². The van der Waals surface area contributed by atoms with E-state index in [2.05, 4.69) is 6.92 Å². The van der Waals surface area contributed by atoms with Gasteiger partial charge in [-0.25, -0.2) is 0 Å². The van der Waals surface area contributed by atoms with Crippen LogP contribution in [-0.2, 0) is 4.79 Å². The molecule has 0 rings (SSSR count). The van der Waals surface area contributed by atoms with Crippen LogP contribution in [0.1, 0.15) is 116 Å². The van der Waals surface area contributed by atoms with Gasteiger partial charge in [-0.1, -0.05) is 138 Å². The molecule has 0 aromatic rings. The normalized spacial score (nSPS) is 11.8. The summed E-state index contributed by atoms with van der Waals surface area (Å²) < 4.78 is -1.73. The van der Waals surface area contributed by atoms with Crippen LogP contribution in [0.15, 0.2) is 0 Å². The zero-order valence-electron chi connectivity index (χ0n) is 15.6. The minimum absolute atomic E-state index is 0.280. The first kappa shape index (κ1) is 24.5. The first-order valence-electron chi connectivity index (χ1n) is 10.1. The average Bonchev–Trinajstić information content (AvgIpc) is 2.53. The molecule has 0 spiro atoms. The average molecular weight is 400 g/mol. The third-order valence-corrected chi connectivity index (χ3v) is 5.21. The number of halogens is 3. The highest BCUT2D eigenvalue weighted by molar-refractivity contribution is 6.76. The van der Waals surface area contributed by atoms with Crippen LogP contribution >= 0.6 is 34.8 Å². The topological polar surface area (TPSA) is 17.1 Å². The van der Waals surface area contributed by atoms with Crippen molar-refractivity contribution >= 4 is 40.6 Å². The van der Waals surface area contributed by atoms with Gasteiger partial charge in [-0.05, 0) is 6.42 Å². The third-order valence-electron chi connectivity index (χ3n) is 4.57. The number of hydrogen-bond donors (Lipinski definition) is 0. The highest BCUT2D eigenvalue weighted by atomic mass is 35.6. The lowest BCUT2D eigenvalue weighted by molar-refractivity contribution is -0.118. The number of ketones is 1. The molecule has 1 nitrogen and oxygen atoms in total. The van der Waals surface area contributed by atoms with Crippen LogP contribution in [0.2, 0.25) is 0 Å². The van der Waals surface area contributed by atoms with Crippen LogP contribution in [0, 0.1) is 0 Å². The summed E-state index contributed by atoms with van der Waals surface area (Å²) in [5.74, 6) is -0.280. The van der Waals surface area contributed by atoms with Crippen LogP contribution in [0.5, 0.6) is 0 Å².